The van der Waals surface area contributed by atoms with E-state index in [1.807, 2.05) is 0 Å². The molecule has 0 aliphatic heterocycles. The van der Waals surface area contributed by atoms with E-state index < -0.39 is 0 Å². The summed E-state index contributed by atoms with van der Waals surface area (Å²) >= 11 is 7.58. The van der Waals surface area contributed by atoms with Crippen LogP contribution in [0.5, 0.6) is 0 Å². The molecule has 0 aliphatic carbocycles. The monoisotopic (exact) mass is 382 g/mol. The van der Waals surface area contributed by atoms with E-state index >= 15 is 0 Å². The fourth-order valence-corrected chi connectivity index (χ4v) is 5.19. The molecule has 0 aromatic rings. The van der Waals surface area contributed by atoms with Gasteiger partial charge in [0.05, 0.1) is 0 Å². The second-order valence-electron chi connectivity index (χ2n) is 2.60. The molecule has 0 heterocycles. The zero-order valence-electron chi connectivity index (χ0n) is 7.96. The third kappa shape index (κ3) is 7.34. The molecule has 0 spiro atoms. The zero-order chi connectivity index (χ0) is 10.1. The Hall–Kier alpha value is 1.40. The van der Waals surface area contributed by atoms with E-state index in [1.165, 1.54) is 0 Å². The van der Waals surface area contributed by atoms with Crippen LogP contribution in [-0.4, -0.2) is 53.1 Å². The van der Waals surface area contributed by atoms with Crippen LogP contribution >= 0.6 is 31.9 Å². The van der Waals surface area contributed by atoms with Crippen molar-refractivity contribution in [2.45, 2.75) is 9.63 Å². The van der Waals surface area contributed by atoms with Crippen LogP contribution in [0.1, 0.15) is 0 Å². The molecule has 0 bridgehead atoms. The first-order valence-electron chi connectivity index (χ1n) is 4.03. The number of alkyl halides is 2. The van der Waals surface area contributed by atoms with Gasteiger partial charge in [-0.2, -0.15) is 0 Å². The molecule has 0 aliphatic rings. The Morgan fingerprint density at radius 3 is 1.62 bits per heavy atom. The maximum atomic E-state index is 5.15. The molecule has 2 nitrogen and oxygen atoms in total. The van der Waals surface area contributed by atoms with E-state index in [-0.39, 0.29) is 0 Å². The first-order chi connectivity index (χ1) is 6.28. The number of ether oxygens (including phenoxy) is 2. The normalized spacial score (nSPS) is 15.7. The summed E-state index contributed by atoms with van der Waals surface area (Å²) in [4.78, 5) is 1.30. The summed E-state index contributed by atoms with van der Waals surface area (Å²) in [6, 6.07) is 0. The van der Waals surface area contributed by atoms with Crippen LogP contribution in [0.25, 0.3) is 0 Å². The predicted octanol–water partition coefficient (Wildman–Crippen LogP) is 2.35. The van der Waals surface area contributed by atoms with Crippen LogP contribution < -0.4 is 0 Å². The SMILES string of the molecule is COCC(CBr)[Se]C(CBr)COC. The van der Waals surface area contributed by atoms with Crippen molar-refractivity contribution in [3.63, 3.8) is 0 Å². The van der Waals surface area contributed by atoms with Crippen molar-refractivity contribution >= 4 is 46.8 Å². The molecule has 13 heavy (non-hydrogen) atoms. The molecule has 2 unspecified atom stereocenters. The predicted molar refractivity (Wildman–Crippen MR) is 64.6 cm³/mol. The summed E-state index contributed by atoms with van der Waals surface area (Å²) in [6.07, 6.45) is 0. The van der Waals surface area contributed by atoms with Gasteiger partial charge in [-0.15, -0.1) is 0 Å². The van der Waals surface area contributed by atoms with E-state index in [9.17, 15) is 0 Å². The van der Waals surface area contributed by atoms with Crippen molar-refractivity contribution < 1.29 is 9.47 Å². The van der Waals surface area contributed by atoms with Gasteiger partial charge in [0.15, 0.2) is 0 Å². The molecular weight excluding hydrogens is 367 g/mol. The van der Waals surface area contributed by atoms with E-state index in [0.717, 1.165) is 23.9 Å². The van der Waals surface area contributed by atoms with Gasteiger partial charge in [-0.25, -0.2) is 0 Å². The van der Waals surface area contributed by atoms with Gasteiger partial charge in [-0.3, -0.25) is 0 Å². The molecular formula is C8H16Br2O2Se. The number of methoxy groups -OCH3 is 2. The fraction of sp³-hybridized carbons (Fsp3) is 1.00. The van der Waals surface area contributed by atoms with Crippen LogP contribution in [0.4, 0.5) is 0 Å². The van der Waals surface area contributed by atoms with Crippen LogP contribution in [0, 0.1) is 0 Å². The average Bonchev–Trinajstić information content (AvgIpc) is 2.16. The van der Waals surface area contributed by atoms with Crippen molar-refractivity contribution in [1.29, 1.82) is 0 Å². The summed E-state index contributed by atoms with van der Waals surface area (Å²) in [5, 5.41) is 2.04. The summed E-state index contributed by atoms with van der Waals surface area (Å²) in [6.45, 7) is 1.69. The van der Waals surface area contributed by atoms with Crippen LogP contribution in [0.2, 0.25) is 9.63 Å². The van der Waals surface area contributed by atoms with Gasteiger partial charge in [-0.05, 0) is 0 Å². The summed E-state index contributed by atoms with van der Waals surface area (Å²) in [7, 11) is 3.51. The minimum absolute atomic E-state index is 0.568. The average molecular weight is 383 g/mol. The number of hydrogen-bond donors (Lipinski definition) is 0. The number of hydrogen-bond acceptors (Lipinski definition) is 2. The molecule has 0 radical (unpaired) electrons. The Bertz CT molecular complexity index is 104. The molecule has 2 atom stereocenters. The second-order valence-corrected chi connectivity index (χ2v) is 7.26. The van der Waals surface area contributed by atoms with Crippen molar-refractivity contribution in [2.75, 3.05) is 38.1 Å². The van der Waals surface area contributed by atoms with E-state index in [1.54, 1.807) is 14.2 Å². The van der Waals surface area contributed by atoms with Crippen LogP contribution in [-0.2, 0) is 9.47 Å². The molecule has 5 heteroatoms. The maximum absolute atomic E-state index is 5.15. The van der Waals surface area contributed by atoms with Crippen LogP contribution in [0.3, 0.4) is 0 Å². The quantitative estimate of drug-likeness (QED) is 0.474. The summed E-state index contributed by atoms with van der Waals surface area (Å²) in [5.74, 6) is 0. The van der Waals surface area contributed by atoms with Gasteiger partial charge in [0.25, 0.3) is 0 Å². The third-order valence-electron chi connectivity index (χ3n) is 1.43. The van der Waals surface area contributed by atoms with Crippen molar-refractivity contribution in [2.24, 2.45) is 0 Å². The number of halogens is 2. The van der Waals surface area contributed by atoms with Gasteiger partial charge in [0.2, 0.25) is 0 Å². The van der Waals surface area contributed by atoms with Gasteiger partial charge in [0, 0.05) is 0 Å². The van der Waals surface area contributed by atoms with Gasteiger partial charge in [-0.1, -0.05) is 0 Å². The first-order valence-corrected chi connectivity index (χ1v) is 8.25. The Kier molecular flexibility index (Phi) is 11.0. The van der Waals surface area contributed by atoms with E-state index in [4.69, 9.17) is 9.47 Å². The molecule has 0 fully saturated rings. The first kappa shape index (κ1) is 14.4. The Morgan fingerprint density at radius 2 is 1.38 bits per heavy atom. The molecule has 0 amide bonds. The van der Waals surface area contributed by atoms with Crippen LogP contribution in [0.15, 0.2) is 0 Å². The topological polar surface area (TPSA) is 18.5 Å². The second kappa shape index (κ2) is 9.94. The molecule has 0 N–H and O–H groups in total. The van der Waals surface area contributed by atoms with E-state index in [2.05, 4.69) is 31.9 Å². The Balaban J connectivity index is 3.73. The summed E-state index contributed by atoms with van der Waals surface area (Å²) < 4.78 is 10.3. The van der Waals surface area contributed by atoms with Crippen molar-refractivity contribution in [3.05, 3.63) is 0 Å². The Labute approximate surface area is 104 Å². The molecule has 0 aromatic heterocycles. The van der Waals surface area contributed by atoms with Crippen molar-refractivity contribution in [3.8, 4) is 0 Å². The number of rotatable bonds is 8. The molecule has 0 rings (SSSR count). The van der Waals surface area contributed by atoms with Gasteiger partial charge >= 0.3 is 104 Å². The molecule has 0 saturated carbocycles. The van der Waals surface area contributed by atoms with Gasteiger partial charge in [0.1, 0.15) is 0 Å². The van der Waals surface area contributed by atoms with Crippen molar-refractivity contribution in [1.82, 2.24) is 0 Å². The molecule has 0 saturated heterocycles. The minimum atomic E-state index is 0.568. The fourth-order valence-electron chi connectivity index (χ4n) is 0.884. The van der Waals surface area contributed by atoms with E-state index in [0.29, 0.717) is 24.6 Å². The molecule has 0 aromatic carbocycles. The van der Waals surface area contributed by atoms with Gasteiger partial charge < -0.3 is 0 Å². The third-order valence-corrected chi connectivity index (χ3v) is 7.81. The standard InChI is InChI=1S/C8H16Br2O2Se/c1-11-5-7(3-9)13-8(4-10)6-12-2/h7-8H,3-6H2,1-2H3. The molecule has 80 valence electrons. The zero-order valence-corrected chi connectivity index (χ0v) is 12.8. The summed E-state index contributed by atoms with van der Waals surface area (Å²) in [5.41, 5.74) is 0. The Morgan fingerprint density at radius 1 is 1.00 bits per heavy atom.